The molecule has 3 saturated carbocycles. The van der Waals surface area contributed by atoms with Crippen molar-refractivity contribution in [2.45, 2.75) is 118 Å². The van der Waals surface area contributed by atoms with E-state index in [0.717, 1.165) is 48.3 Å². The van der Waals surface area contributed by atoms with Gasteiger partial charge < -0.3 is 5.11 Å². The summed E-state index contributed by atoms with van der Waals surface area (Å²) in [7, 11) is 0. The fraction of sp³-hybridized carbons (Fsp3) is 0.867. The molecule has 176 valence electrons. The van der Waals surface area contributed by atoms with Crippen molar-refractivity contribution >= 4 is 0 Å². The van der Waals surface area contributed by atoms with E-state index in [-0.39, 0.29) is 6.10 Å². The van der Waals surface area contributed by atoms with Gasteiger partial charge in [-0.2, -0.15) is 0 Å². The molecule has 1 nitrogen and oxygen atoms in total. The van der Waals surface area contributed by atoms with E-state index in [4.69, 9.17) is 0 Å². The average molecular weight is 427 g/mol. The van der Waals surface area contributed by atoms with Gasteiger partial charge in [-0.15, -0.1) is 0 Å². The minimum atomic E-state index is -0.0837. The minimum absolute atomic E-state index is 0.0837. The lowest BCUT2D eigenvalue weighted by Gasteiger charge is -2.58. The molecule has 4 aliphatic carbocycles. The molecule has 9 atom stereocenters. The van der Waals surface area contributed by atoms with Crippen LogP contribution in [0.25, 0.3) is 0 Å². The first-order valence-corrected chi connectivity index (χ1v) is 13.7. The molecule has 0 amide bonds. The number of rotatable bonds is 6. The average Bonchev–Trinajstić information content (AvgIpc) is 3.11. The van der Waals surface area contributed by atoms with Gasteiger partial charge in [-0.3, -0.25) is 0 Å². The van der Waals surface area contributed by atoms with Crippen molar-refractivity contribution in [1.29, 1.82) is 0 Å². The molecule has 0 bridgehead atoms. The lowest BCUT2D eigenvalue weighted by Crippen LogP contribution is -2.50. The summed E-state index contributed by atoms with van der Waals surface area (Å²) in [5.74, 6) is 5.27. The molecule has 1 N–H and O–H groups in total. The molecular weight excluding hydrogens is 376 g/mol. The molecule has 0 aliphatic heterocycles. The minimum Gasteiger partial charge on any atom is -0.393 e. The molecule has 0 aromatic carbocycles. The number of aliphatic hydroxyl groups is 1. The van der Waals surface area contributed by atoms with Crippen LogP contribution in [0.5, 0.6) is 0 Å². The predicted molar refractivity (Wildman–Crippen MR) is 133 cm³/mol. The van der Waals surface area contributed by atoms with Crippen molar-refractivity contribution in [2.75, 3.05) is 0 Å². The van der Waals surface area contributed by atoms with E-state index in [1.165, 1.54) is 57.8 Å². The maximum absolute atomic E-state index is 10.3. The number of hydrogen-bond acceptors (Lipinski definition) is 1. The van der Waals surface area contributed by atoms with Gasteiger partial charge in [0.05, 0.1) is 6.10 Å². The van der Waals surface area contributed by atoms with Crippen LogP contribution in [0.15, 0.2) is 23.3 Å². The quantitative estimate of drug-likeness (QED) is 0.423. The van der Waals surface area contributed by atoms with Gasteiger partial charge >= 0.3 is 0 Å². The van der Waals surface area contributed by atoms with Crippen LogP contribution in [0, 0.1) is 46.3 Å². The van der Waals surface area contributed by atoms with Crippen LogP contribution in [0.1, 0.15) is 112 Å². The summed E-state index contributed by atoms with van der Waals surface area (Å²) in [5.41, 5.74) is 4.16. The Kier molecular flexibility index (Phi) is 6.85. The van der Waals surface area contributed by atoms with E-state index in [0.29, 0.717) is 10.8 Å². The lowest BCUT2D eigenvalue weighted by molar-refractivity contribution is -0.0574. The third-order valence-corrected chi connectivity index (χ3v) is 11.4. The largest absolute Gasteiger partial charge is 0.393 e. The Bertz CT molecular complexity index is 703. The van der Waals surface area contributed by atoms with E-state index in [9.17, 15) is 5.11 Å². The highest BCUT2D eigenvalue weighted by molar-refractivity contribution is 5.25. The fourth-order valence-electron chi connectivity index (χ4n) is 9.27. The van der Waals surface area contributed by atoms with Crippen LogP contribution in [0.3, 0.4) is 0 Å². The van der Waals surface area contributed by atoms with Gasteiger partial charge in [0.1, 0.15) is 0 Å². The summed E-state index contributed by atoms with van der Waals surface area (Å²) < 4.78 is 0. The summed E-state index contributed by atoms with van der Waals surface area (Å²) in [6, 6.07) is 0. The Morgan fingerprint density at radius 1 is 1.13 bits per heavy atom. The smallest absolute Gasteiger partial charge is 0.0577 e. The van der Waals surface area contributed by atoms with Crippen LogP contribution in [0.2, 0.25) is 0 Å². The predicted octanol–water partition coefficient (Wildman–Crippen LogP) is 8.34. The van der Waals surface area contributed by atoms with E-state index in [1.807, 2.05) is 0 Å². The Morgan fingerprint density at radius 3 is 2.61 bits per heavy atom. The summed E-state index contributed by atoms with van der Waals surface area (Å²) in [4.78, 5) is 0. The highest BCUT2D eigenvalue weighted by atomic mass is 16.3. The monoisotopic (exact) mass is 426 g/mol. The third kappa shape index (κ3) is 4.00. The Balaban J connectivity index is 1.47. The van der Waals surface area contributed by atoms with E-state index >= 15 is 0 Å². The summed E-state index contributed by atoms with van der Waals surface area (Å²) in [6.07, 6.45) is 19.2. The molecule has 0 unspecified atom stereocenters. The lowest BCUT2D eigenvalue weighted by atomic mass is 9.47. The second kappa shape index (κ2) is 9.00. The molecule has 4 aliphatic rings. The number of aliphatic hydroxyl groups excluding tert-OH is 1. The van der Waals surface area contributed by atoms with Gasteiger partial charge in [-0.05, 0) is 131 Å². The van der Waals surface area contributed by atoms with Gasteiger partial charge in [-0.1, -0.05) is 51.0 Å². The molecule has 31 heavy (non-hydrogen) atoms. The van der Waals surface area contributed by atoms with Gasteiger partial charge in [0, 0.05) is 0 Å². The maximum atomic E-state index is 10.3. The van der Waals surface area contributed by atoms with Gasteiger partial charge in [0.25, 0.3) is 0 Å². The van der Waals surface area contributed by atoms with Crippen LogP contribution in [0.4, 0.5) is 0 Å². The van der Waals surface area contributed by atoms with E-state index in [2.05, 4.69) is 53.7 Å². The first-order valence-electron chi connectivity index (χ1n) is 13.7. The zero-order valence-electron chi connectivity index (χ0n) is 21.4. The van der Waals surface area contributed by atoms with Crippen molar-refractivity contribution in [2.24, 2.45) is 46.3 Å². The van der Waals surface area contributed by atoms with Crippen molar-refractivity contribution in [3.8, 4) is 0 Å². The van der Waals surface area contributed by atoms with Crippen LogP contribution in [-0.4, -0.2) is 11.2 Å². The van der Waals surface area contributed by atoms with E-state index in [1.54, 1.807) is 11.1 Å². The standard InChI is InChI=1S/C30H50O/c1-7-20(3)22(8-2)10-9-21(4)26-13-14-27-25-12-11-23-19-24(31)15-17-29(23,5)28(25)16-18-30(26,27)6/h7,11,21-22,24-28,31H,8-10,12-19H2,1-6H3/b20-7+/t21-,22-,24+,25+,26-,27+,28+,29+,30-/m1/s1. The molecule has 0 heterocycles. The van der Waals surface area contributed by atoms with Crippen molar-refractivity contribution in [1.82, 2.24) is 0 Å². The first-order chi connectivity index (χ1) is 14.7. The van der Waals surface area contributed by atoms with Crippen LogP contribution < -0.4 is 0 Å². The topological polar surface area (TPSA) is 20.2 Å². The summed E-state index contributed by atoms with van der Waals surface area (Å²) in [5, 5.41) is 10.3. The summed E-state index contributed by atoms with van der Waals surface area (Å²) in [6.45, 7) is 14.8. The normalized spacial score (nSPS) is 44.7. The van der Waals surface area contributed by atoms with Crippen LogP contribution >= 0.6 is 0 Å². The maximum Gasteiger partial charge on any atom is 0.0577 e. The summed E-state index contributed by atoms with van der Waals surface area (Å²) >= 11 is 0. The fourth-order valence-corrected chi connectivity index (χ4v) is 9.27. The molecular formula is C30H50O. The van der Waals surface area contributed by atoms with Gasteiger partial charge in [-0.25, -0.2) is 0 Å². The molecule has 0 aromatic heterocycles. The molecule has 4 rings (SSSR count). The second-order valence-corrected chi connectivity index (χ2v) is 12.6. The van der Waals surface area contributed by atoms with Crippen molar-refractivity contribution in [3.05, 3.63) is 23.3 Å². The molecule has 3 fully saturated rings. The third-order valence-electron chi connectivity index (χ3n) is 11.4. The van der Waals surface area contributed by atoms with Gasteiger partial charge in [0.2, 0.25) is 0 Å². The van der Waals surface area contributed by atoms with Crippen molar-refractivity contribution in [3.63, 3.8) is 0 Å². The second-order valence-electron chi connectivity index (χ2n) is 12.6. The highest BCUT2D eigenvalue weighted by Gasteiger charge is 2.59. The van der Waals surface area contributed by atoms with E-state index < -0.39 is 0 Å². The van der Waals surface area contributed by atoms with Gasteiger partial charge in [0.15, 0.2) is 0 Å². The SMILES string of the molecule is C/C=C(\C)[C@H](CC)CC[C@@H](C)[C@H]1CC[C@H]2[C@@H]3CC=C4C[C@@H](O)CC[C@]4(C)[C@H]3CC[C@]12C. The molecule has 0 radical (unpaired) electrons. The molecule has 0 aromatic rings. The van der Waals surface area contributed by atoms with Crippen molar-refractivity contribution < 1.29 is 5.11 Å². The number of allylic oxidation sites excluding steroid dienone is 3. The zero-order valence-corrected chi connectivity index (χ0v) is 21.4. The Morgan fingerprint density at radius 2 is 1.90 bits per heavy atom. The molecule has 0 saturated heterocycles. The number of fused-ring (bicyclic) bond motifs is 5. The Labute approximate surface area is 193 Å². The van der Waals surface area contributed by atoms with Crippen LogP contribution in [-0.2, 0) is 0 Å². The first kappa shape index (κ1) is 23.6. The highest BCUT2D eigenvalue weighted by Crippen LogP contribution is 2.67. The zero-order chi connectivity index (χ0) is 22.4. The number of hydrogen-bond donors (Lipinski definition) is 1. The molecule has 1 heteroatoms. The Hall–Kier alpha value is -0.560. The molecule has 0 spiro atoms.